The normalized spacial score (nSPS) is 12.9. The molecule has 1 atom stereocenters. The molecule has 0 saturated carbocycles. The number of carbonyl (C=O) groups is 2. The van der Waals surface area contributed by atoms with Gasteiger partial charge >= 0.3 is 0 Å². The summed E-state index contributed by atoms with van der Waals surface area (Å²) >= 11 is 0. The number of para-hydroxylation sites is 1. The lowest BCUT2D eigenvalue weighted by Gasteiger charge is -2.16. The van der Waals surface area contributed by atoms with Gasteiger partial charge in [0, 0.05) is 25.5 Å². The zero-order chi connectivity index (χ0) is 23.2. The van der Waals surface area contributed by atoms with Crippen LogP contribution in [0.1, 0.15) is 13.3 Å². The fourth-order valence-corrected chi connectivity index (χ4v) is 5.18. The summed E-state index contributed by atoms with van der Waals surface area (Å²) in [5.41, 5.74) is 0.693. The molecule has 2 aromatic carbocycles. The Morgan fingerprint density at radius 3 is 1.94 bits per heavy atom. The van der Waals surface area contributed by atoms with Crippen LogP contribution in [0.25, 0.3) is 0 Å². The number of nitrogens with one attached hydrogen (secondary N) is 2. The van der Waals surface area contributed by atoms with E-state index in [2.05, 4.69) is 10.6 Å². The van der Waals surface area contributed by atoms with Crippen molar-refractivity contribution in [2.24, 2.45) is 0 Å². The lowest BCUT2D eigenvalue weighted by molar-refractivity contribution is -0.115. The minimum atomic E-state index is -4.08. The largest absolute Gasteiger partial charge is 0.325 e. The van der Waals surface area contributed by atoms with Crippen molar-refractivity contribution in [1.82, 2.24) is 4.31 Å². The zero-order valence-corrected chi connectivity index (χ0v) is 19.0. The van der Waals surface area contributed by atoms with E-state index in [1.807, 2.05) is 0 Å². The van der Waals surface area contributed by atoms with E-state index in [0.717, 1.165) is 4.31 Å². The van der Waals surface area contributed by atoms with E-state index in [0.29, 0.717) is 5.69 Å². The molecule has 0 aliphatic carbocycles. The zero-order valence-electron chi connectivity index (χ0n) is 17.4. The van der Waals surface area contributed by atoms with Crippen molar-refractivity contribution in [3.63, 3.8) is 0 Å². The third-order valence-electron chi connectivity index (χ3n) is 4.39. The highest BCUT2D eigenvalue weighted by molar-refractivity contribution is 7.93. The summed E-state index contributed by atoms with van der Waals surface area (Å²) in [4.78, 5) is 24.7. The molecule has 2 rings (SSSR count). The number of hydrogen-bond acceptors (Lipinski definition) is 6. The SMILES string of the molecule is CCC(C(=O)Nc1ccc(S(=O)(=O)N(C)C)cc1)S(=O)(=O)CC(=O)Nc1ccccc1. The van der Waals surface area contributed by atoms with Gasteiger partial charge < -0.3 is 10.6 Å². The minimum absolute atomic E-state index is 0.0279. The fraction of sp³-hybridized carbons (Fsp3) is 0.300. The second kappa shape index (κ2) is 10.0. The number of nitrogens with zero attached hydrogens (tertiary/aromatic N) is 1. The van der Waals surface area contributed by atoms with Crippen LogP contribution in [0.4, 0.5) is 11.4 Å². The van der Waals surface area contributed by atoms with Gasteiger partial charge in [0.1, 0.15) is 11.0 Å². The average Bonchev–Trinajstić information content (AvgIpc) is 2.68. The summed E-state index contributed by atoms with van der Waals surface area (Å²) in [6.45, 7) is 1.53. The molecule has 11 heteroatoms. The Hall–Kier alpha value is -2.76. The maximum atomic E-state index is 12.6. The second-order valence-corrected chi connectivity index (χ2v) is 11.3. The van der Waals surface area contributed by atoms with E-state index >= 15 is 0 Å². The molecule has 0 bridgehead atoms. The molecule has 2 amide bonds. The first-order valence-electron chi connectivity index (χ1n) is 9.37. The molecule has 0 fully saturated rings. The summed E-state index contributed by atoms with van der Waals surface area (Å²) in [6, 6.07) is 13.8. The molecule has 168 valence electrons. The van der Waals surface area contributed by atoms with Crippen molar-refractivity contribution in [1.29, 1.82) is 0 Å². The van der Waals surface area contributed by atoms with Crippen LogP contribution in [-0.4, -0.2) is 58.1 Å². The Labute approximate surface area is 182 Å². The van der Waals surface area contributed by atoms with E-state index < -0.39 is 42.7 Å². The summed E-state index contributed by atoms with van der Waals surface area (Å²) in [5, 5.41) is 3.52. The number of benzene rings is 2. The Balaban J connectivity index is 2.09. The molecule has 2 N–H and O–H groups in total. The Morgan fingerprint density at radius 1 is 0.871 bits per heavy atom. The van der Waals surface area contributed by atoms with E-state index in [-0.39, 0.29) is 17.0 Å². The summed E-state index contributed by atoms with van der Waals surface area (Å²) in [5.74, 6) is -2.37. The lowest BCUT2D eigenvalue weighted by atomic mass is 10.3. The van der Waals surface area contributed by atoms with Crippen LogP contribution in [0.2, 0.25) is 0 Å². The summed E-state index contributed by atoms with van der Waals surface area (Å²) < 4.78 is 50.6. The highest BCUT2D eigenvalue weighted by Crippen LogP contribution is 2.18. The Morgan fingerprint density at radius 2 is 1.42 bits per heavy atom. The lowest BCUT2D eigenvalue weighted by Crippen LogP contribution is -2.39. The van der Waals surface area contributed by atoms with Gasteiger partial charge in [0.2, 0.25) is 21.8 Å². The van der Waals surface area contributed by atoms with Crippen LogP contribution in [0.3, 0.4) is 0 Å². The van der Waals surface area contributed by atoms with E-state index in [4.69, 9.17) is 0 Å². The number of sulfone groups is 1. The Bertz CT molecular complexity index is 1130. The predicted molar refractivity (Wildman–Crippen MR) is 119 cm³/mol. The smallest absolute Gasteiger partial charge is 0.242 e. The number of rotatable bonds is 9. The molecule has 0 saturated heterocycles. The van der Waals surface area contributed by atoms with Crippen molar-refractivity contribution in [3.05, 3.63) is 54.6 Å². The minimum Gasteiger partial charge on any atom is -0.325 e. The van der Waals surface area contributed by atoms with Crippen molar-refractivity contribution in [2.45, 2.75) is 23.5 Å². The van der Waals surface area contributed by atoms with Crippen LogP contribution in [0.5, 0.6) is 0 Å². The third-order valence-corrected chi connectivity index (χ3v) is 8.30. The maximum absolute atomic E-state index is 12.6. The third kappa shape index (κ3) is 6.36. The van der Waals surface area contributed by atoms with Crippen LogP contribution in [0, 0.1) is 0 Å². The van der Waals surface area contributed by atoms with Crippen LogP contribution >= 0.6 is 0 Å². The summed E-state index contributed by atoms with van der Waals surface area (Å²) in [6.07, 6.45) is -0.0279. The van der Waals surface area contributed by atoms with Crippen LogP contribution in [-0.2, 0) is 29.4 Å². The first kappa shape index (κ1) is 24.5. The van der Waals surface area contributed by atoms with Crippen molar-refractivity contribution in [2.75, 3.05) is 30.5 Å². The Kier molecular flexibility index (Phi) is 7.93. The highest BCUT2D eigenvalue weighted by Gasteiger charge is 2.33. The molecule has 2 aromatic rings. The monoisotopic (exact) mass is 467 g/mol. The number of carbonyl (C=O) groups excluding carboxylic acids is 2. The van der Waals surface area contributed by atoms with Gasteiger partial charge in [-0.15, -0.1) is 0 Å². The highest BCUT2D eigenvalue weighted by atomic mass is 32.2. The van der Waals surface area contributed by atoms with Crippen molar-refractivity contribution >= 4 is 43.0 Å². The topological polar surface area (TPSA) is 130 Å². The average molecular weight is 468 g/mol. The number of amides is 2. The van der Waals surface area contributed by atoms with Gasteiger partial charge in [-0.1, -0.05) is 25.1 Å². The van der Waals surface area contributed by atoms with Gasteiger partial charge in [-0.2, -0.15) is 0 Å². The van der Waals surface area contributed by atoms with Crippen LogP contribution in [0.15, 0.2) is 59.5 Å². The van der Waals surface area contributed by atoms with Crippen molar-refractivity contribution in [3.8, 4) is 0 Å². The number of sulfonamides is 1. The van der Waals surface area contributed by atoms with Gasteiger partial charge in [0.15, 0.2) is 9.84 Å². The first-order valence-corrected chi connectivity index (χ1v) is 12.5. The molecule has 1 unspecified atom stereocenters. The first-order chi connectivity index (χ1) is 14.5. The molecule has 0 heterocycles. The van der Waals surface area contributed by atoms with E-state index in [1.54, 1.807) is 30.3 Å². The van der Waals surface area contributed by atoms with Gasteiger partial charge in [-0.25, -0.2) is 21.1 Å². The molecular formula is C20H25N3O6S2. The molecule has 0 aromatic heterocycles. The molecule has 0 aliphatic heterocycles. The van der Waals surface area contributed by atoms with Gasteiger partial charge in [0.05, 0.1) is 4.90 Å². The molecule has 31 heavy (non-hydrogen) atoms. The van der Waals surface area contributed by atoms with E-state index in [1.165, 1.54) is 45.3 Å². The number of hydrogen-bond donors (Lipinski definition) is 2. The molecule has 9 nitrogen and oxygen atoms in total. The molecule has 0 radical (unpaired) electrons. The van der Waals surface area contributed by atoms with Gasteiger partial charge in [-0.05, 0) is 42.8 Å². The van der Waals surface area contributed by atoms with Gasteiger partial charge in [0.25, 0.3) is 0 Å². The van der Waals surface area contributed by atoms with E-state index in [9.17, 15) is 26.4 Å². The molecular weight excluding hydrogens is 442 g/mol. The van der Waals surface area contributed by atoms with Crippen molar-refractivity contribution < 1.29 is 26.4 Å². The van der Waals surface area contributed by atoms with Crippen LogP contribution < -0.4 is 10.6 Å². The number of anilines is 2. The fourth-order valence-electron chi connectivity index (χ4n) is 2.75. The summed E-state index contributed by atoms with van der Waals surface area (Å²) in [7, 11) is -4.91. The molecule has 0 aliphatic rings. The predicted octanol–water partition coefficient (Wildman–Crippen LogP) is 1.71. The maximum Gasteiger partial charge on any atom is 0.242 e. The second-order valence-electron chi connectivity index (χ2n) is 6.92. The quantitative estimate of drug-likeness (QED) is 0.577. The van der Waals surface area contributed by atoms with Gasteiger partial charge in [-0.3, -0.25) is 9.59 Å². The molecule has 0 spiro atoms. The standard InChI is InChI=1S/C20H25N3O6S2/c1-4-18(30(26,27)14-19(24)21-15-8-6-5-7-9-15)20(25)22-16-10-12-17(13-11-16)31(28,29)23(2)3/h5-13,18H,4,14H2,1-3H3,(H,21,24)(H,22,25).